The number of ether oxygens (including phenoxy) is 1. The van der Waals surface area contributed by atoms with E-state index in [1.54, 1.807) is 36.8 Å². The van der Waals surface area contributed by atoms with Crippen LogP contribution in [0.5, 0.6) is 5.75 Å². The van der Waals surface area contributed by atoms with Gasteiger partial charge >= 0.3 is 0 Å². The molecule has 1 aliphatic carbocycles. The molecule has 1 N–H and O–H groups in total. The highest BCUT2D eigenvalue weighted by molar-refractivity contribution is 7.91. The molecule has 7 nitrogen and oxygen atoms in total. The second-order valence-electron chi connectivity index (χ2n) is 8.86. The predicted octanol–water partition coefficient (Wildman–Crippen LogP) is 5.16. The SMILES string of the molecule is O=C1CCCc2c1ccc(OC(Cn1ccnc1)c1ccccc1)c2NS(=O)(=O)Cc1ccccc1. The van der Waals surface area contributed by atoms with Crippen molar-refractivity contribution >= 4 is 21.5 Å². The van der Waals surface area contributed by atoms with Crippen LogP contribution in [0.4, 0.5) is 5.69 Å². The Kier molecular flexibility index (Phi) is 6.86. The van der Waals surface area contributed by atoms with Gasteiger partial charge in [-0.3, -0.25) is 9.52 Å². The van der Waals surface area contributed by atoms with Crippen LogP contribution in [0.3, 0.4) is 0 Å². The Morgan fingerprint density at radius 1 is 0.972 bits per heavy atom. The van der Waals surface area contributed by atoms with Crippen molar-refractivity contribution < 1.29 is 17.9 Å². The highest BCUT2D eigenvalue weighted by Gasteiger charge is 2.27. The zero-order valence-corrected chi connectivity index (χ0v) is 20.5. The molecular weight excluding hydrogens is 474 g/mol. The second-order valence-corrected chi connectivity index (χ2v) is 10.6. The fraction of sp³-hybridized carbons (Fsp3) is 0.214. The summed E-state index contributed by atoms with van der Waals surface area (Å²) in [5.41, 5.74) is 3.21. The fourth-order valence-electron chi connectivity index (χ4n) is 4.52. The van der Waals surface area contributed by atoms with Gasteiger partial charge in [-0.15, -0.1) is 0 Å². The number of carbonyl (C=O) groups excluding carboxylic acids is 1. The summed E-state index contributed by atoms with van der Waals surface area (Å²) in [4.78, 5) is 16.8. The summed E-state index contributed by atoms with van der Waals surface area (Å²) in [5.74, 6) is 0.237. The number of Topliss-reactive ketones (excluding diaryl/α,β-unsaturated/α-hetero) is 1. The van der Waals surface area contributed by atoms with Crippen LogP contribution in [-0.2, 0) is 28.7 Å². The summed E-state index contributed by atoms with van der Waals surface area (Å²) in [6.07, 6.45) is 6.59. The molecule has 0 aliphatic heterocycles. The van der Waals surface area contributed by atoms with E-state index in [0.29, 0.717) is 53.9 Å². The summed E-state index contributed by atoms with van der Waals surface area (Å²) in [7, 11) is -3.77. The maximum absolute atomic E-state index is 13.2. The van der Waals surface area contributed by atoms with Gasteiger partial charge in [0.15, 0.2) is 5.78 Å². The lowest BCUT2D eigenvalue weighted by molar-refractivity contribution is 0.0972. The number of nitrogens with one attached hydrogen (secondary N) is 1. The van der Waals surface area contributed by atoms with E-state index in [1.807, 2.05) is 59.3 Å². The van der Waals surface area contributed by atoms with Gasteiger partial charge in [-0.05, 0) is 41.7 Å². The van der Waals surface area contributed by atoms with Crippen molar-refractivity contribution in [2.24, 2.45) is 0 Å². The Hall–Kier alpha value is -3.91. The van der Waals surface area contributed by atoms with Gasteiger partial charge in [0, 0.05) is 24.4 Å². The molecule has 184 valence electrons. The van der Waals surface area contributed by atoms with Crippen LogP contribution in [0.25, 0.3) is 0 Å². The molecule has 1 unspecified atom stereocenters. The number of carbonyl (C=O) groups is 1. The van der Waals surface area contributed by atoms with Gasteiger partial charge < -0.3 is 9.30 Å². The van der Waals surface area contributed by atoms with Crippen molar-refractivity contribution in [1.29, 1.82) is 0 Å². The average molecular weight is 502 g/mol. The number of hydrogen-bond donors (Lipinski definition) is 1. The molecule has 1 heterocycles. The molecule has 1 aliphatic rings. The van der Waals surface area contributed by atoms with E-state index in [9.17, 15) is 13.2 Å². The van der Waals surface area contributed by atoms with Crippen molar-refractivity contribution in [2.75, 3.05) is 4.72 Å². The molecule has 1 aromatic heterocycles. The highest BCUT2D eigenvalue weighted by Crippen LogP contribution is 2.39. The number of anilines is 1. The predicted molar refractivity (Wildman–Crippen MR) is 138 cm³/mol. The quantitative estimate of drug-likeness (QED) is 0.342. The Morgan fingerprint density at radius 2 is 1.72 bits per heavy atom. The molecule has 36 heavy (non-hydrogen) atoms. The van der Waals surface area contributed by atoms with Crippen LogP contribution < -0.4 is 9.46 Å². The summed E-state index contributed by atoms with van der Waals surface area (Å²) in [6, 6.07) is 22.2. The van der Waals surface area contributed by atoms with Gasteiger partial charge in [0.05, 0.1) is 24.3 Å². The summed E-state index contributed by atoms with van der Waals surface area (Å²) < 4.78 is 37.7. The Labute approximate surface area is 210 Å². The molecule has 0 radical (unpaired) electrons. The smallest absolute Gasteiger partial charge is 0.237 e. The summed E-state index contributed by atoms with van der Waals surface area (Å²) in [5, 5.41) is 0. The molecule has 3 aromatic carbocycles. The first-order valence-corrected chi connectivity index (χ1v) is 13.5. The van der Waals surface area contributed by atoms with Crippen LogP contribution in [0.15, 0.2) is 91.5 Å². The third kappa shape index (κ3) is 5.49. The van der Waals surface area contributed by atoms with Gasteiger partial charge in [0.1, 0.15) is 11.9 Å². The first-order valence-electron chi connectivity index (χ1n) is 11.9. The van der Waals surface area contributed by atoms with E-state index in [2.05, 4.69) is 9.71 Å². The lowest BCUT2D eigenvalue weighted by Gasteiger charge is -2.26. The molecule has 0 saturated heterocycles. The zero-order valence-electron chi connectivity index (χ0n) is 19.7. The van der Waals surface area contributed by atoms with Crippen molar-refractivity contribution in [3.63, 3.8) is 0 Å². The van der Waals surface area contributed by atoms with Gasteiger partial charge in [0.25, 0.3) is 0 Å². The zero-order chi connectivity index (χ0) is 25.0. The minimum atomic E-state index is -3.77. The Morgan fingerprint density at radius 3 is 2.44 bits per heavy atom. The number of aromatic nitrogens is 2. The summed E-state index contributed by atoms with van der Waals surface area (Å²) >= 11 is 0. The first-order chi connectivity index (χ1) is 17.5. The van der Waals surface area contributed by atoms with Crippen molar-refractivity contribution in [1.82, 2.24) is 9.55 Å². The largest absolute Gasteiger partial charge is 0.482 e. The minimum absolute atomic E-state index is 0.0179. The van der Waals surface area contributed by atoms with Crippen LogP contribution in [0.2, 0.25) is 0 Å². The molecule has 0 amide bonds. The highest BCUT2D eigenvalue weighted by atomic mass is 32.2. The standard InChI is InChI=1S/C28H27N3O4S/c32-25-13-7-12-24-23(25)14-15-26(28(24)30-36(33,34)19-21-8-3-1-4-9-21)35-27(18-31-17-16-29-20-31)22-10-5-2-6-11-22/h1-6,8-11,14-17,20,27,30H,7,12-13,18-19H2. The Balaban J connectivity index is 1.53. The molecule has 8 heteroatoms. The van der Waals surface area contributed by atoms with Crippen molar-refractivity contribution in [3.05, 3.63) is 114 Å². The lowest BCUT2D eigenvalue weighted by Crippen LogP contribution is -2.21. The monoisotopic (exact) mass is 501 g/mol. The number of rotatable bonds is 9. The van der Waals surface area contributed by atoms with Crippen LogP contribution >= 0.6 is 0 Å². The number of nitrogens with zero attached hydrogens (tertiary/aromatic N) is 2. The van der Waals surface area contributed by atoms with E-state index in [-0.39, 0.29) is 11.5 Å². The van der Waals surface area contributed by atoms with E-state index in [4.69, 9.17) is 4.74 Å². The van der Waals surface area contributed by atoms with Crippen LogP contribution in [0.1, 0.15) is 46.0 Å². The van der Waals surface area contributed by atoms with E-state index in [0.717, 1.165) is 5.56 Å². The minimum Gasteiger partial charge on any atom is -0.482 e. The number of fused-ring (bicyclic) bond motifs is 1. The number of ketones is 1. The number of benzene rings is 3. The van der Waals surface area contributed by atoms with E-state index >= 15 is 0 Å². The number of sulfonamides is 1. The molecule has 5 rings (SSSR count). The topological polar surface area (TPSA) is 90.3 Å². The Bertz CT molecular complexity index is 1440. The van der Waals surface area contributed by atoms with Gasteiger partial charge in [-0.2, -0.15) is 0 Å². The second kappa shape index (κ2) is 10.4. The molecule has 0 spiro atoms. The maximum Gasteiger partial charge on any atom is 0.237 e. The molecule has 0 fully saturated rings. The molecule has 0 saturated carbocycles. The molecule has 0 bridgehead atoms. The van der Waals surface area contributed by atoms with Gasteiger partial charge in [0.2, 0.25) is 10.0 Å². The van der Waals surface area contributed by atoms with Gasteiger partial charge in [-0.1, -0.05) is 60.7 Å². The lowest BCUT2D eigenvalue weighted by atomic mass is 9.89. The normalized spacial score (nSPS) is 14.2. The van der Waals surface area contributed by atoms with Gasteiger partial charge in [-0.25, -0.2) is 13.4 Å². The first kappa shape index (κ1) is 23.8. The van der Waals surface area contributed by atoms with Crippen LogP contribution in [0, 0.1) is 0 Å². The fourth-order valence-corrected chi connectivity index (χ4v) is 5.76. The number of hydrogen-bond acceptors (Lipinski definition) is 5. The third-order valence-electron chi connectivity index (χ3n) is 6.24. The van der Waals surface area contributed by atoms with E-state index < -0.39 is 16.1 Å². The maximum atomic E-state index is 13.2. The van der Waals surface area contributed by atoms with Crippen molar-refractivity contribution in [2.45, 2.75) is 37.7 Å². The van der Waals surface area contributed by atoms with Crippen LogP contribution in [-0.4, -0.2) is 23.8 Å². The molecule has 1 atom stereocenters. The third-order valence-corrected chi connectivity index (χ3v) is 7.47. The molecule has 4 aromatic rings. The number of imidazole rings is 1. The van der Waals surface area contributed by atoms with E-state index in [1.165, 1.54) is 0 Å². The molecular formula is C28H27N3O4S. The summed E-state index contributed by atoms with van der Waals surface area (Å²) in [6.45, 7) is 0.482. The van der Waals surface area contributed by atoms with Crippen molar-refractivity contribution in [3.8, 4) is 5.75 Å². The average Bonchev–Trinajstić information content (AvgIpc) is 3.39.